The average Bonchev–Trinajstić information content (AvgIpc) is 3.42. The van der Waals surface area contributed by atoms with E-state index in [2.05, 4.69) is 16.3 Å². The molecule has 4 atom stereocenters. The number of fused-ring (bicyclic) bond motifs is 5. The summed E-state index contributed by atoms with van der Waals surface area (Å²) < 4.78 is 12.0. The molecule has 1 aliphatic carbocycles. The van der Waals surface area contributed by atoms with E-state index < -0.39 is 0 Å². The number of amides is 1. The zero-order valence-electron chi connectivity index (χ0n) is 16.2. The third kappa shape index (κ3) is 2.87. The van der Waals surface area contributed by atoms with Gasteiger partial charge in [-0.3, -0.25) is 4.79 Å². The molecule has 0 aromatic carbocycles. The van der Waals surface area contributed by atoms with Crippen molar-refractivity contribution < 1.29 is 14.3 Å². The first kappa shape index (κ1) is 19.3. The topological polar surface area (TPSA) is 50.8 Å². The van der Waals surface area contributed by atoms with Crippen molar-refractivity contribution in [2.75, 3.05) is 46.0 Å². The summed E-state index contributed by atoms with van der Waals surface area (Å²) in [5, 5.41) is 3.44. The number of carbonyl (C=O) groups excluding carboxylic acids is 1. The van der Waals surface area contributed by atoms with Gasteiger partial charge in [0.25, 0.3) is 5.91 Å². The molecule has 1 aromatic heterocycles. The van der Waals surface area contributed by atoms with E-state index >= 15 is 0 Å². The average molecular weight is 425 g/mol. The highest BCUT2D eigenvalue weighted by Gasteiger charge is 2.51. The molecule has 28 heavy (non-hydrogen) atoms. The minimum Gasteiger partial charge on any atom is -0.381 e. The Bertz CT molecular complexity index is 763. The zero-order valence-corrected chi connectivity index (χ0v) is 17.8. The van der Waals surface area contributed by atoms with Gasteiger partial charge >= 0.3 is 0 Å². The van der Waals surface area contributed by atoms with Crippen molar-refractivity contribution in [3.63, 3.8) is 0 Å². The normalized spacial score (nSPS) is 35.4. The van der Waals surface area contributed by atoms with Crippen molar-refractivity contribution in [3.05, 3.63) is 21.4 Å². The number of nitrogens with zero attached hydrogens (tertiary/aromatic N) is 1. The van der Waals surface area contributed by atoms with E-state index in [4.69, 9.17) is 9.47 Å². The maximum atomic E-state index is 13.3. The van der Waals surface area contributed by atoms with Crippen LogP contribution in [0.1, 0.15) is 39.4 Å². The molecule has 6 rings (SSSR count). The van der Waals surface area contributed by atoms with Gasteiger partial charge in [-0.2, -0.15) is 0 Å². The highest BCUT2D eigenvalue weighted by molar-refractivity contribution is 7.14. The van der Waals surface area contributed by atoms with Gasteiger partial charge in [-0.1, -0.05) is 0 Å². The predicted octanol–water partition coefficient (Wildman–Crippen LogP) is 2.68. The second-order valence-corrected chi connectivity index (χ2v) is 10.3. The lowest BCUT2D eigenvalue weighted by atomic mass is 9.83. The van der Waals surface area contributed by atoms with Gasteiger partial charge in [0.15, 0.2) is 0 Å². The molecule has 0 bridgehead atoms. The van der Waals surface area contributed by atoms with Crippen LogP contribution in [0.3, 0.4) is 0 Å². The van der Waals surface area contributed by atoms with E-state index in [1.165, 1.54) is 16.9 Å². The van der Waals surface area contributed by atoms with E-state index in [1.54, 1.807) is 11.3 Å². The van der Waals surface area contributed by atoms with Crippen LogP contribution in [0.15, 0.2) is 6.07 Å². The first-order valence-corrected chi connectivity index (χ1v) is 11.4. The third-order valence-electron chi connectivity index (χ3n) is 7.81. The van der Waals surface area contributed by atoms with E-state index in [0.29, 0.717) is 17.8 Å². The summed E-state index contributed by atoms with van der Waals surface area (Å²) >= 11 is 1.73. The van der Waals surface area contributed by atoms with Crippen LogP contribution in [0.5, 0.6) is 0 Å². The molecular weight excluding hydrogens is 396 g/mol. The molecule has 5 aliphatic rings. The molecule has 4 aliphatic heterocycles. The number of carbonyl (C=O) groups is 1. The molecule has 1 spiro atoms. The van der Waals surface area contributed by atoms with E-state index in [0.717, 1.165) is 76.1 Å². The van der Waals surface area contributed by atoms with Crippen LogP contribution < -0.4 is 5.32 Å². The Labute approximate surface area is 176 Å². The Morgan fingerprint density at radius 1 is 1.18 bits per heavy atom. The summed E-state index contributed by atoms with van der Waals surface area (Å²) in [6.07, 6.45) is 4.24. The molecule has 4 fully saturated rings. The summed E-state index contributed by atoms with van der Waals surface area (Å²) in [4.78, 5) is 17.8. The number of ether oxygens (including phenoxy) is 2. The SMILES string of the molecule is Cl.O=C(c1cc2c(s1)CCOC21CCNCC1)N1C[C@@H]2C[C@@H]3COC[C@@H]3[C@@H]2C1. The summed E-state index contributed by atoms with van der Waals surface area (Å²) in [6.45, 7) is 6.53. The maximum Gasteiger partial charge on any atom is 0.263 e. The minimum atomic E-state index is -0.149. The van der Waals surface area contributed by atoms with Crippen molar-refractivity contribution in [3.8, 4) is 0 Å². The molecular formula is C21H29ClN2O3S. The lowest BCUT2D eigenvalue weighted by Gasteiger charge is -2.40. The van der Waals surface area contributed by atoms with Gasteiger partial charge in [-0.15, -0.1) is 23.7 Å². The van der Waals surface area contributed by atoms with E-state index in [-0.39, 0.29) is 23.9 Å². The lowest BCUT2D eigenvalue weighted by molar-refractivity contribution is -0.0792. The fourth-order valence-electron chi connectivity index (χ4n) is 6.44. The van der Waals surface area contributed by atoms with Crippen LogP contribution in [0.2, 0.25) is 0 Å². The number of hydrogen-bond donors (Lipinski definition) is 1. The van der Waals surface area contributed by atoms with Crippen LogP contribution in [0.4, 0.5) is 0 Å². The largest absolute Gasteiger partial charge is 0.381 e. The number of hydrogen-bond acceptors (Lipinski definition) is 5. The number of likely N-dealkylation sites (tertiary alicyclic amines) is 1. The zero-order chi connectivity index (χ0) is 18.0. The molecule has 1 aromatic rings. The number of halogens is 1. The Morgan fingerprint density at radius 3 is 2.89 bits per heavy atom. The molecule has 1 saturated carbocycles. The van der Waals surface area contributed by atoms with Gasteiger partial charge in [-0.05, 0) is 67.7 Å². The van der Waals surface area contributed by atoms with Crippen LogP contribution >= 0.6 is 23.7 Å². The minimum absolute atomic E-state index is 0. The quantitative estimate of drug-likeness (QED) is 0.753. The van der Waals surface area contributed by atoms with Crippen molar-refractivity contribution in [2.24, 2.45) is 23.7 Å². The smallest absolute Gasteiger partial charge is 0.263 e. The number of thiophene rings is 1. The molecule has 5 heterocycles. The van der Waals surface area contributed by atoms with Crippen molar-refractivity contribution in [1.82, 2.24) is 10.2 Å². The molecule has 154 valence electrons. The molecule has 7 heteroatoms. The highest BCUT2D eigenvalue weighted by Crippen LogP contribution is 2.49. The highest BCUT2D eigenvalue weighted by atomic mass is 35.5. The molecule has 0 unspecified atom stereocenters. The van der Waals surface area contributed by atoms with Gasteiger partial charge in [0.05, 0.1) is 23.7 Å². The molecule has 3 saturated heterocycles. The molecule has 1 N–H and O–H groups in total. The van der Waals surface area contributed by atoms with Crippen LogP contribution in [0.25, 0.3) is 0 Å². The molecule has 5 nitrogen and oxygen atoms in total. The van der Waals surface area contributed by atoms with Crippen LogP contribution in [-0.4, -0.2) is 56.8 Å². The molecule has 1 amide bonds. The number of rotatable bonds is 1. The standard InChI is InChI=1S/C21H28N2O3S.ClH/c24-20(23-9-13-7-14-11-25-12-16(14)15(13)10-23)19-8-17-18(27-19)1-6-26-21(17)2-4-22-5-3-21;/h8,13-16,22H,1-7,9-12H2;1H/t13-,14+,15+,16-;/m0./s1. The first-order chi connectivity index (χ1) is 13.2. The Morgan fingerprint density at radius 2 is 2.04 bits per heavy atom. The maximum absolute atomic E-state index is 13.3. The van der Waals surface area contributed by atoms with Gasteiger partial charge in [0, 0.05) is 31.0 Å². The Hall–Kier alpha value is -0.660. The first-order valence-electron chi connectivity index (χ1n) is 10.6. The Kier molecular flexibility index (Phi) is 4.99. The predicted molar refractivity (Wildman–Crippen MR) is 110 cm³/mol. The second kappa shape index (κ2) is 7.24. The summed E-state index contributed by atoms with van der Waals surface area (Å²) in [6, 6.07) is 2.18. The molecule has 0 radical (unpaired) electrons. The van der Waals surface area contributed by atoms with Gasteiger partial charge in [0.2, 0.25) is 0 Å². The monoisotopic (exact) mass is 424 g/mol. The van der Waals surface area contributed by atoms with Crippen molar-refractivity contribution in [2.45, 2.75) is 31.3 Å². The number of nitrogens with one attached hydrogen (secondary N) is 1. The third-order valence-corrected chi connectivity index (χ3v) is 8.99. The van der Waals surface area contributed by atoms with Crippen molar-refractivity contribution in [1.29, 1.82) is 0 Å². The van der Waals surface area contributed by atoms with Crippen molar-refractivity contribution >= 4 is 29.7 Å². The fourth-order valence-corrected chi connectivity index (χ4v) is 7.64. The number of piperidine rings is 1. The summed E-state index contributed by atoms with van der Waals surface area (Å²) in [5.41, 5.74) is 1.16. The van der Waals surface area contributed by atoms with Gasteiger partial charge in [-0.25, -0.2) is 0 Å². The lowest BCUT2D eigenvalue weighted by Crippen LogP contribution is -2.44. The summed E-state index contributed by atoms with van der Waals surface area (Å²) in [7, 11) is 0. The Balaban J connectivity index is 0.00000171. The fraction of sp³-hybridized carbons (Fsp3) is 0.762. The second-order valence-electron chi connectivity index (χ2n) is 9.12. The van der Waals surface area contributed by atoms with E-state index in [1.807, 2.05) is 0 Å². The summed E-state index contributed by atoms with van der Waals surface area (Å²) in [5.74, 6) is 3.05. The van der Waals surface area contributed by atoms with E-state index in [9.17, 15) is 4.79 Å². The van der Waals surface area contributed by atoms with Gasteiger partial charge in [0.1, 0.15) is 0 Å². The van der Waals surface area contributed by atoms with Gasteiger partial charge < -0.3 is 19.7 Å². The van der Waals surface area contributed by atoms with Crippen LogP contribution in [-0.2, 0) is 21.5 Å². The van der Waals surface area contributed by atoms with Crippen LogP contribution in [0, 0.1) is 23.7 Å².